The topological polar surface area (TPSA) is 92.8 Å². The van der Waals surface area contributed by atoms with Gasteiger partial charge in [0.25, 0.3) is 0 Å². The molecule has 1 aromatic carbocycles. The molecule has 0 bridgehead atoms. The van der Waals surface area contributed by atoms with Gasteiger partial charge in [-0.1, -0.05) is 12.1 Å². The molecule has 2 heterocycles. The SMILES string of the molecule is COc1c(-c2nn(C)c3cnc(NC(=O)C4CC4)cc23)cccc1C1(C#N)CC1. The van der Waals surface area contributed by atoms with Crippen molar-refractivity contribution in [2.24, 2.45) is 13.0 Å². The fourth-order valence-corrected chi connectivity index (χ4v) is 3.88. The highest BCUT2D eigenvalue weighted by Crippen LogP contribution is 2.53. The smallest absolute Gasteiger partial charge is 0.228 e. The number of anilines is 1. The van der Waals surface area contributed by atoms with Gasteiger partial charge in [0.1, 0.15) is 17.3 Å². The molecular weight excluding hydrogens is 366 g/mol. The van der Waals surface area contributed by atoms with Crippen molar-refractivity contribution in [2.75, 3.05) is 12.4 Å². The number of hydrogen-bond donors (Lipinski definition) is 1. The molecule has 2 fully saturated rings. The van der Waals surface area contributed by atoms with Crippen molar-refractivity contribution in [3.63, 3.8) is 0 Å². The van der Waals surface area contributed by atoms with Gasteiger partial charge in [0.05, 0.1) is 30.3 Å². The number of carbonyl (C=O) groups excluding carboxylic acids is 1. The van der Waals surface area contributed by atoms with E-state index in [9.17, 15) is 10.1 Å². The van der Waals surface area contributed by atoms with Crippen LogP contribution in [0.4, 0.5) is 5.82 Å². The highest BCUT2D eigenvalue weighted by molar-refractivity contribution is 5.99. The van der Waals surface area contributed by atoms with E-state index in [2.05, 4.69) is 16.4 Å². The van der Waals surface area contributed by atoms with Gasteiger partial charge in [-0.25, -0.2) is 4.98 Å². The first-order valence-corrected chi connectivity index (χ1v) is 9.79. The second-order valence-electron chi connectivity index (χ2n) is 7.90. The Morgan fingerprint density at radius 2 is 2.17 bits per heavy atom. The van der Waals surface area contributed by atoms with Gasteiger partial charge in [-0.15, -0.1) is 0 Å². The zero-order valence-electron chi connectivity index (χ0n) is 16.4. The Morgan fingerprint density at radius 1 is 1.38 bits per heavy atom. The van der Waals surface area contributed by atoms with Crippen molar-refractivity contribution in [3.8, 4) is 23.1 Å². The molecule has 2 saturated carbocycles. The van der Waals surface area contributed by atoms with E-state index in [4.69, 9.17) is 9.84 Å². The maximum atomic E-state index is 12.1. The second kappa shape index (κ2) is 6.31. The highest BCUT2D eigenvalue weighted by atomic mass is 16.5. The monoisotopic (exact) mass is 387 g/mol. The number of aromatic nitrogens is 3. The molecular formula is C22H21N5O2. The fourth-order valence-electron chi connectivity index (χ4n) is 3.88. The highest BCUT2D eigenvalue weighted by Gasteiger charge is 2.47. The van der Waals surface area contributed by atoms with E-state index in [1.165, 1.54) is 0 Å². The number of nitrogens with zero attached hydrogens (tertiary/aromatic N) is 4. The first-order chi connectivity index (χ1) is 14.1. The maximum Gasteiger partial charge on any atom is 0.228 e. The van der Waals surface area contributed by atoms with E-state index in [0.717, 1.165) is 53.4 Å². The van der Waals surface area contributed by atoms with Crippen LogP contribution in [0.2, 0.25) is 0 Å². The van der Waals surface area contributed by atoms with Crippen LogP contribution >= 0.6 is 0 Å². The lowest BCUT2D eigenvalue weighted by Crippen LogP contribution is -2.14. The van der Waals surface area contributed by atoms with E-state index in [1.54, 1.807) is 18.0 Å². The predicted molar refractivity (Wildman–Crippen MR) is 108 cm³/mol. The maximum absolute atomic E-state index is 12.1. The first-order valence-electron chi connectivity index (χ1n) is 9.79. The average Bonchev–Trinajstić information content (AvgIpc) is 3.65. The molecule has 2 aromatic heterocycles. The van der Waals surface area contributed by atoms with E-state index >= 15 is 0 Å². The molecule has 0 unspecified atom stereocenters. The van der Waals surface area contributed by atoms with Crippen molar-refractivity contribution in [1.29, 1.82) is 5.26 Å². The Balaban J connectivity index is 1.64. The summed E-state index contributed by atoms with van der Waals surface area (Å²) in [5, 5.41) is 18.2. The van der Waals surface area contributed by atoms with Gasteiger partial charge < -0.3 is 10.1 Å². The Labute approximate surface area is 168 Å². The largest absolute Gasteiger partial charge is 0.496 e. The summed E-state index contributed by atoms with van der Waals surface area (Å²) in [6.45, 7) is 0. The van der Waals surface area contributed by atoms with Crippen molar-refractivity contribution in [3.05, 3.63) is 36.0 Å². The summed E-state index contributed by atoms with van der Waals surface area (Å²) in [5.74, 6) is 1.34. The molecule has 29 heavy (non-hydrogen) atoms. The molecule has 146 valence electrons. The standard InChI is InChI=1S/C22H21N5O2/c1-27-17-11-24-18(25-21(28)13-6-7-13)10-15(17)19(26-27)14-4-3-5-16(20(14)29-2)22(12-23)8-9-22/h3-5,10-11,13H,6-9H2,1-2H3,(H,24,25,28). The van der Waals surface area contributed by atoms with Gasteiger partial charge in [-0.3, -0.25) is 9.48 Å². The minimum atomic E-state index is -0.461. The molecule has 1 N–H and O–H groups in total. The molecule has 2 aliphatic carbocycles. The average molecular weight is 387 g/mol. The number of carbonyl (C=O) groups is 1. The van der Waals surface area contributed by atoms with Gasteiger partial charge in [0, 0.05) is 29.5 Å². The molecule has 7 heteroatoms. The van der Waals surface area contributed by atoms with E-state index in [1.807, 2.05) is 31.3 Å². The lowest BCUT2D eigenvalue weighted by atomic mass is 9.93. The summed E-state index contributed by atoms with van der Waals surface area (Å²) < 4.78 is 7.54. The van der Waals surface area contributed by atoms with Gasteiger partial charge in [0.15, 0.2) is 0 Å². The molecule has 0 radical (unpaired) electrons. The number of nitrogens with one attached hydrogen (secondary N) is 1. The lowest BCUT2D eigenvalue weighted by molar-refractivity contribution is -0.117. The summed E-state index contributed by atoms with van der Waals surface area (Å²) in [4.78, 5) is 16.5. The summed E-state index contributed by atoms with van der Waals surface area (Å²) in [5.41, 5.74) is 2.90. The molecule has 1 amide bonds. The number of pyridine rings is 1. The molecule has 3 aromatic rings. The van der Waals surface area contributed by atoms with Crippen molar-refractivity contribution in [1.82, 2.24) is 14.8 Å². The van der Waals surface area contributed by atoms with Crippen molar-refractivity contribution < 1.29 is 9.53 Å². The zero-order valence-corrected chi connectivity index (χ0v) is 16.4. The normalized spacial score (nSPS) is 17.0. The molecule has 7 nitrogen and oxygen atoms in total. The van der Waals surface area contributed by atoms with Crippen LogP contribution in [0.1, 0.15) is 31.2 Å². The van der Waals surface area contributed by atoms with Crippen molar-refractivity contribution >= 4 is 22.6 Å². The molecule has 2 aliphatic rings. The quantitative estimate of drug-likeness (QED) is 0.723. The number of benzene rings is 1. The van der Waals surface area contributed by atoms with Crippen LogP contribution < -0.4 is 10.1 Å². The summed E-state index contributed by atoms with van der Waals surface area (Å²) in [6, 6.07) is 10.2. The Kier molecular flexibility index (Phi) is 3.85. The third-order valence-electron chi connectivity index (χ3n) is 5.89. The number of aryl methyl sites for hydroxylation is 1. The zero-order chi connectivity index (χ0) is 20.2. The van der Waals surface area contributed by atoms with Crippen LogP contribution in [0.25, 0.3) is 22.2 Å². The summed E-state index contributed by atoms with van der Waals surface area (Å²) in [6.07, 6.45) is 5.29. The number of para-hydroxylation sites is 1. The number of methoxy groups -OCH3 is 1. The number of ether oxygens (including phenoxy) is 1. The second-order valence-corrected chi connectivity index (χ2v) is 7.90. The van der Waals surface area contributed by atoms with Gasteiger partial charge in [-0.05, 0) is 37.8 Å². The third-order valence-corrected chi connectivity index (χ3v) is 5.89. The third kappa shape index (κ3) is 2.83. The predicted octanol–water partition coefficient (Wildman–Crippen LogP) is 3.55. The number of hydrogen-bond acceptors (Lipinski definition) is 5. The molecule has 0 aliphatic heterocycles. The number of fused-ring (bicyclic) bond motifs is 1. The van der Waals surface area contributed by atoms with Crippen LogP contribution in [0.15, 0.2) is 30.5 Å². The van der Waals surface area contributed by atoms with E-state index < -0.39 is 5.41 Å². The number of rotatable bonds is 5. The van der Waals surface area contributed by atoms with E-state index in [-0.39, 0.29) is 11.8 Å². The van der Waals surface area contributed by atoms with Crippen LogP contribution in [-0.4, -0.2) is 27.8 Å². The molecule has 0 atom stereocenters. The van der Waals surface area contributed by atoms with E-state index in [0.29, 0.717) is 11.6 Å². The van der Waals surface area contributed by atoms with Crippen LogP contribution in [0, 0.1) is 17.2 Å². The first kappa shape index (κ1) is 17.7. The summed E-state index contributed by atoms with van der Waals surface area (Å²) >= 11 is 0. The van der Waals surface area contributed by atoms with Crippen LogP contribution in [0.5, 0.6) is 5.75 Å². The Bertz CT molecular complexity index is 1180. The molecule has 0 spiro atoms. The Morgan fingerprint density at radius 3 is 2.83 bits per heavy atom. The molecule has 0 saturated heterocycles. The number of amides is 1. The Hall–Kier alpha value is -3.40. The lowest BCUT2D eigenvalue weighted by Gasteiger charge is -2.15. The molecule has 5 rings (SSSR count). The van der Waals surface area contributed by atoms with Gasteiger partial charge in [-0.2, -0.15) is 10.4 Å². The minimum Gasteiger partial charge on any atom is -0.496 e. The van der Waals surface area contributed by atoms with Crippen LogP contribution in [0.3, 0.4) is 0 Å². The fraction of sp³-hybridized carbons (Fsp3) is 0.364. The van der Waals surface area contributed by atoms with Gasteiger partial charge >= 0.3 is 0 Å². The minimum absolute atomic E-state index is 0.0200. The van der Waals surface area contributed by atoms with Crippen LogP contribution in [-0.2, 0) is 17.3 Å². The number of nitriles is 1. The van der Waals surface area contributed by atoms with Gasteiger partial charge in [0.2, 0.25) is 5.91 Å². The summed E-state index contributed by atoms with van der Waals surface area (Å²) in [7, 11) is 3.49. The van der Waals surface area contributed by atoms with Crippen molar-refractivity contribution in [2.45, 2.75) is 31.1 Å².